The van der Waals surface area contributed by atoms with Crippen LogP contribution in [0, 0.1) is 5.92 Å². The minimum absolute atomic E-state index is 0.0204. The molecule has 3 saturated heterocycles. The Hall–Kier alpha value is -9.68. The molecular weight excluding hydrogens is 1160 g/mol. The van der Waals surface area contributed by atoms with E-state index >= 15 is 0 Å². The number of carbonyl (C=O) groups is 13. The van der Waals surface area contributed by atoms with Gasteiger partial charge in [0.15, 0.2) is 0 Å². The molecule has 16 N–H and O–H groups in total. The molecule has 10 atom stereocenters. The van der Waals surface area contributed by atoms with Gasteiger partial charge in [-0.1, -0.05) is 38.1 Å². The Morgan fingerprint density at radius 3 is 1.61 bits per heavy atom. The lowest BCUT2D eigenvalue weighted by Gasteiger charge is -2.35. The number of phenolic OH excluding ortho intramolecular Hbond substituents is 2. The Bertz CT molecular complexity index is 3070. The van der Waals surface area contributed by atoms with Gasteiger partial charge in [0.25, 0.3) is 0 Å². The highest BCUT2D eigenvalue weighted by Crippen LogP contribution is 2.29. The van der Waals surface area contributed by atoms with Crippen molar-refractivity contribution in [2.45, 2.75) is 158 Å². The predicted molar refractivity (Wildman–Crippen MR) is 312 cm³/mol. The fourth-order valence-electron chi connectivity index (χ4n) is 10.9. The van der Waals surface area contributed by atoms with Gasteiger partial charge in [-0.3, -0.25) is 62.3 Å². The molecule has 11 amide bonds. The number of carbonyl (C=O) groups excluding carboxylic acids is 11. The SMILES string of the molecule is CC(C)C[C@H](NC(=O)[C@@H](N)Cc1ccc(O)cc1)C(=O)N[C@@H](CC(N)=O)C(=O)N1CCC[C@H]1C(=O)N1CCC[C@H]1C(=O)N1CCC[C@H]1C(=O)N[C@@H](Cc1ccc(O)cc1)C(=O)N[C@@H](C)C(=O)N[C@@H](CC(=O)O)C(=O)N[C@@H](Cc1cnc[nH]1)C(=O)NCC(=O)O. The number of rotatable bonds is 30. The molecule has 482 valence electrons. The zero-order valence-electron chi connectivity index (χ0n) is 49.5. The number of primary amides is 1. The lowest BCUT2D eigenvalue weighted by Crippen LogP contribution is -2.60. The third-order valence-electron chi connectivity index (χ3n) is 15.4. The lowest BCUT2D eigenvalue weighted by atomic mass is 10.0. The number of carboxylic acid groups (broad SMARTS) is 2. The highest BCUT2D eigenvalue weighted by molar-refractivity contribution is 6.00. The van der Waals surface area contributed by atoms with Crippen LogP contribution in [0.4, 0.5) is 0 Å². The van der Waals surface area contributed by atoms with Crippen LogP contribution in [0.2, 0.25) is 0 Å². The fraction of sp³-hybridized carbons (Fsp3) is 0.517. The number of aliphatic carboxylic acids is 2. The largest absolute Gasteiger partial charge is 0.508 e. The van der Waals surface area contributed by atoms with E-state index in [1.165, 1.54) is 70.5 Å². The highest BCUT2D eigenvalue weighted by atomic mass is 16.4. The number of hydrogen-bond donors (Lipinski definition) is 14. The normalized spacial score (nSPS) is 18.7. The average molecular weight is 1240 g/mol. The molecule has 3 aromatic rings. The maximum absolute atomic E-state index is 14.7. The second-order valence-electron chi connectivity index (χ2n) is 22.7. The van der Waals surface area contributed by atoms with E-state index < -0.39 is 157 Å². The Morgan fingerprint density at radius 1 is 0.562 bits per heavy atom. The van der Waals surface area contributed by atoms with Gasteiger partial charge in [0, 0.05) is 44.4 Å². The predicted octanol–water partition coefficient (Wildman–Crippen LogP) is -3.33. The molecule has 0 aliphatic carbocycles. The van der Waals surface area contributed by atoms with E-state index in [-0.39, 0.29) is 82.0 Å². The summed E-state index contributed by atoms with van der Waals surface area (Å²) in [6.45, 7) is 4.23. The van der Waals surface area contributed by atoms with Crippen LogP contribution in [0.15, 0.2) is 61.1 Å². The van der Waals surface area contributed by atoms with Crippen LogP contribution in [0.5, 0.6) is 11.5 Å². The molecule has 0 saturated carbocycles. The molecule has 3 aliphatic rings. The number of aromatic nitrogens is 2. The fourth-order valence-corrected chi connectivity index (χ4v) is 10.9. The van der Waals surface area contributed by atoms with E-state index in [2.05, 4.69) is 47.2 Å². The number of carboxylic acids is 2. The number of phenols is 2. The molecular formula is C58H78N14O17. The number of amides is 11. The maximum atomic E-state index is 14.7. The van der Waals surface area contributed by atoms with Gasteiger partial charge in [-0.15, -0.1) is 0 Å². The third kappa shape index (κ3) is 19.7. The van der Waals surface area contributed by atoms with Crippen molar-refractivity contribution in [2.24, 2.45) is 17.4 Å². The van der Waals surface area contributed by atoms with Gasteiger partial charge in [0.05, 0.1) is 25.2 Å². The van der Waals surface area contributed by atoms with E-state index in [1.54, 1.807) is 26.0 Å². The molecule has 3 fully saturated rings. The number of hydrogen-bond acceptors (Lipinski definition) is 17. The van der Waals surface area contributed by atoms with Crippen LogP contribution < -0.4 is 48.7 Å². The quantitative estimate of drug-likeness (QED) is 0.0310. The number of nitrogens with zero attached hydrogens (tertiary/aromatic N) is 4. The van der Waals surface area contributed by atoms with Crippen LogP contribution in [-0.4, -0.2) is 209 Å². The third-order valence-corrected chi connectivity index (χ3v) is 15.4. The van der Waals surface area contributed by atoms with Gasteiger partial charge in [-0.05, 0) is 99.6 Å². The Kier molecular flexibility index (Phi) is 24.5. The summed E-state index contributed by atoms with van der Waals surface area (Å²) in [5.74, 6) is -12.5. The Morgan fingerprint density at radius 2 is 1.06 bits per heavy atom. The molecule has 0 radical (unpaired) electrons. The van der Waals surface area contributed by atoms with Gasteiger partial charge >= 0.3 is 11.9 Å². The summed E-state index contributed by atoms with van der Waals surface area (Å²) >= 11 is 0. The number of imidazole rings is 1. The number of aromatic hydroxyl groups is 2. The number of likely N-dealkylation sites (tertiary alicyclic amines) is 3. The number of benzene rings is 2. The van der Waals surface area contributed by atoms with E-state index in [4.69, 9.17) is 16.6 Å². The topological polar surface area (TPSA) is 477 Å². The van der Waals surface area contributed by atoms with Crippen molar-refractivity contribution in [3.63, 3.8) is 0 Å². The Balaban J connectivity index is 1.12. The number of H-pyrrole nitrogens is 1. The minimum atomic E-state index is -1.84. The smallest absolute Gasteiger partial charge is 0.322 e. The molecule has 3 aliphatic heterocycles. The first-order valence-electron chi connectivity index (χ1n) is 29.2. The summed E-state index contributed by atoms with van der Waals surface area (Å²) in [5, 5.41) is 55.5. The summed E-state index contributed by atoms with van der Waals surface area (Å²) < 4.78 is 0. The van der Waals surface area contributed by atoms with Crippen LogP contribution in [-0.2, 0) is 81.6 Å². The van der Waals surface area contributed by atoms with Gasteiger partial charge in [0.2, 0.25) is 65.0 Å². The van der Waals surface area contributed by atoms with Crippen LogP contribution >= 0.6 is 0 Å². The highest BCUT2D eigenvalue weighted by Gasteiger charge is 2.47. The van der Waals surface area contributed by atoms with Crippen molar-refractivity contribution < 1.29 is 82.8 Å². The molecule has 6 rings (SSSR count). The van der Waals surface area contributed by atoms with Crippen molar-refractivity contribution in [1.29, 1.82) is 0 Å². The van der Waals surface area contributed by atoms with Gasteiger partial charge in [-0.2, -0.15) is 0 Å². The van der Waals surface area contributed by atoms with E-state index in [0.717, 1.165) is 0 Å². The second-order valence-corrected chi connectivity index (χ2v) is 22.7. The van der Waals surface area contributed by atoms with Gasteiger partial charge in [0.1, 0.15) is 72.4 Å². The van der Waals surface area contributed by atoms with Gasteiger partial charge in [-0.25, -0.2) is 4.98 Å². The summed E-state index contributed by atoms with van der Waals surface area (Å²) in [5.41, 5.74) is 13.2. The number of nitrogens with one attached hydrogen (secondary N) is 8. The zero-order chi connectivity index (χ0) is 65.2. The summed E-state index contributed by atoms with van der Waals surface area (Å²) in [6, 6.07) is -1.88. The van der Waals surface area contributed by atoms with Crippen molar-refractivity contribution in [3.05, 3.63) is 77.9 Å². The van der Waals surface area contributed by atoms with Crippen molar-refractivity contribution >= 4 is 76.9 Å². The van der Waals surface area contributed by atoms with E-state index in [9.17, 15) is 77.6 Å². The lowest BCUT2D eigenvalue weighted by molar-refractivity contribution is -0.151. The first-order valence-corrected chi connectivity index (χ1v) is 29.2. The number of nitrogens with two attached hydrogens (primary N) is 2. The molecule has 1 aromatic heterocycles. The monoisotopic (exact) mass is 1240 g/mol. The maximum Gasteiger partial charge on any atom is 0.322 e. The second kappa shape index (κ2) is 31.8. The van der Waals surface area contributed by atoms with E-state index in [1.807, 2.05) is 0 Å². The molecule has 31 heteroatoms. The molecule has 2 aromatic carbocycles. The minimum Gasteiger partial charge on any atom is -0.508 e. The van der Waals surface area contributed by atoms with E-state index in [0.29, 0.717) is 36.1 Å². The van der Waals surface area contributed by atoms with Gasteiger partial charge < -0.3 is 88.8 Å². The van der Waals surface area contributed by atoms with Crippen LogP contribution in [0.3, 0.4) is 0 Å². The molecule has 89 heavy (non-hydrogen) atoms. The molecule has 0 spiro atoms. The van der Waals surface area contributed by atoms with Crippen molar-refractivity contribution in [1.82, 2.24) is 61.9 Å². The molecule has 0 unspecified atom stereocenters. The Labute approximate surface area is 511 Å². The first kappa shape index (κ1) is 68.4. The first-order chi connectivity index (χ1) is 42.2. The molecule has 31 nitrogen and oxygen atoms in total. The standard InChI is InChI=1S/C58H78N14O17/c1-30(2)21-38(66-50(81)37(59)22-32-10-14-35(73)15-11-32)53(84)69-42(25-46(60)75)56(87)71-19-5-8-44(71)58(89)72-20-6-9-45(72)57(88)70-18-4-7-43(70)55(86)68-39(23-33-12-16-36(74)17-13-33)52(83)64-31(3)49(80)65-41(26-47(76)77)54(85)67-40(24-34-27-61-29-63-34)51(82)62-28-48(78)79/h10-17,27,29-31,37-45,73-74H,4-9,18-26,28,59H2,1-3H3,(H2,60,75)(H,61,63)(H,62,82)(H,64,83)(H,65,80)(H,66,81)(H,67,85)(H,68,86)(H,69,84)(H,76,77)(H,78,79)/t31-,37-,38-,39-,40-,41-,42-,43-,44-,45-/m0/s1. The van der Waals surface area contributed by atoms with Crippen LogP contribution in [0.1, 0.15) is 95.4 Å². The van der Waals surface area contributed by atoms with Crippen LogP contribution in [0.25, 0.3) is 0 Å². The zero-order valence-corrected chi connectivity index (χ0v) is 49.5. The average Bonchev–Trinajstić information content (AvgIpc) is 4.03. The summed E-state index contributed by atoms with van der Waals surface area (Å²) in [6.07, 6.45) is 2.19. The molecule has 4 heterocycles. The van der Waals surface area contributed by atoms with Crippen molar-refractivity contribution in [3.8, 4) is 11.5 Å². The summed E-state index contributed by atoms with van der Waals surface area (Å²) in [4.78, 5) is 186. The molecule has 0 bridgehead atoms. The number of aromatic amines is 1. The van der Waals surface area contributed by atoms with Crippen molar-refractivity contribution in [2.75, 3.05) is 26.2 Å². The summed E-state index contributed by atoms with van der Waals surface area (Å²) in [7, 11) is 0.